The van der Waals surface area contributed by atoms with Crippen LogP contribution in [-0.2, 0) is 23.8 Å². The van der Waals surface area contributed by atoms with Gasteiger partial charge in [-0.15, -0.1) is 0 Å². The predicted molar refractivity (Wildman–Crippen MR) is 223 cm³/mol. The second-order valence-electron chi connectivity index (χ2n) is 14.8. The van der Waals surface area contributed by atoms with Crippen LogP contribution in [0.2, 0.25) is 0 Å². The molecule has 0 saturated carbocycles. The number of nitrogens with one attached hydrogen (secondary N) is 1. The molecule has 2 aromatic carbocycles. The molecule has 3 heterocycles. The summed E-state index contributed by atoms with van der Waals surface area (Å²) in [7, 11) is 3.47. The lowest BCUT2D eigenvalue weighted by Crippen LogP contribution is -2.47. The first-order valence-corrected chi connectivity index (χ1v) is 20.3. The third kappa shape index (κ3) is 13.3. The average Bonchev–Trinajstić information content (AvgIpc) is 3.73. The van der Waals surface area contributed by atoms with Crippen LogP contribution < -0.4 is 16.0 Å². The number of benzene rings is 2. The first-order valence-electron chi connectivity index (χ1n) is 20.3. The summed E-state index contributed by atoms with van der Waals surface area (Å²) in [5, 5.41) is 11.6. The highest BCUT2D eigenvalue weighted by Crippen LogP contribution is 2.33. The molecule has 0 radical (unpaired) electrons. The first-order chi connectivity index (χ1) is 28.5. The SMILES string of the molecule is CN(CCN1CCC[C@H]1C(=O)N(C)CCOCCOCCOCCC(=O)O)C(=O)c1cccc(C(=O)Nc2ccc(N3CCCCC3)cc2-c2cc(C(N)=O)ccn2)c1. The third-order valence-corrected chi connectivity index (χ3v) is 10.5. The third-order valence-electron chi connectivity index (χ3n) is 10.5. The molecular weight excluding hydrogens is 759 g/mol. The summed E-state index contributed by atoms with van der Waals surface area (Å²) in [5.41, 5.74) is 9.19. The van der Waals surface area contributed by atoms with Gasteiger partial charge in [0.15, 0.2) is 0 Å². The number of carboxylic acids is 1. The van der Waals surface area contributed by atoms with E-state index >= 15 is 0 Å². The van der Waals surface area contributed by atoms with Gasteiger partial charge >= 0.3 is 5.97 Å². The zero-order chi connectivity index (χ0) is 42.1. The van der Waals surface area contributed by atoms with E-state index in [9.17, 15) is 24.0 Å². The number of nitrogens with zero attached hydrogens (tertiary/aromatic N) is 5. The number of primary amides is 1. The molecule has 4 N–H and O–H groups in total. The monoisotopic (exact) mass is 815 g/mol. The number of carboxylic acid groups (broad SMARTS) is 1. The molecule has 5 rings (SSSR count). The van der Waals surface area contributed by atoms with Crippen molar-refractivity contribution < 1.29 is 43.3 Å². The van der Waals surface area contributed by atoms with E-state index in [-0.39, 0.29) is 30.9 Å². The minimum Gasteiger partial charge on any atom is -0.481 e. The summed E-state index contributed by atoms with van der Waals surface area (Å²) in [6, 6.07) is 15.3. The number of amides is 4. The molecule has 2 saturated heterocycles. The van der Waals surface area contributed by atoms with Crippen LogP contribution in [0.5, 0.6) is 0 Å². The number of carbonyl (C=O) groups excluding carboxylic acids is 4. The van der Waals surface area contributed by atoms with Crippen LogP contribution >= 0.6 is 0 Å². The van der Waals surface area contributed by atoms with E-state index in [0.29, 0.717) is 86.3 Å². The Bertz CT molecular complexity index is 1900. The molecule has 59 heavy (non-hydrogen) atoms. The number of hydrogen-bond donors (Lipinski definition) is 3. The summed E-state index contributed by atoms with van der Waals surface area (Å²) in [5.74, 6) is -2.12. The Morgan fingerprint density at radius 3 is 2.24 bits per heavy atom. The summed E-state index contributed by atoms with van der Waals surface area (Å²) in [6.45, 7) is 5.82. The highest BCUT2D eigenvalue weighted by atomic mass is 16.5. The molecule has 16 nitrogen and oxygen atoms in total. The fourth-order valence-electron chi connectivity index (χ4n) is 7.16. The van der Waals surface area contributed by atoms with Gasteiger partial charge in [0.2, 0.25) is 11.8 Å². The van der Waals surface area contributed by atoms with Crippen LogP contribution in [0.15, 0.2) is 60.8 Å². The lowest BCUT2D eigenvalue weighted by molar-refractivity contribution is -0.138. The van der Waals surface area contributed by atoms with E-state index in [2.05, 4.69) is 20.1 Å². The highest BCUT2D eigenvalue weighted by molar-refractivity contribution is 6.08. The fourth-order valence-corrected chi connectivity index (χ4v) is 7.16. The van der Waals surface area contributed by atoms with Gasteiger partial charge in [-0.25, -0.2) is 0 Å². The second kappa shape index (κ2) is 22.7. The van der Waals surface area contributed by atoms with E-state index in [4.69, 9.17) is 25.1 Å². The van der Waals surface area contributed by atoms with Gasteiger partial charge in [0.1, 0.15) is 0 Å². The van der Waals surface area contributed by atoms with Crippen molar-refractivity contribution in [2.24, 2.45) is 5.73 Å². The Balaban J connectivity index is 1.12. The van der Waals surface area contributed by atoms with Gasteiger partial charge in [-0.3, -0.25) is 33.9 Å². The minimum absolute atomic E-state index is 0.00852. The summed E-state index contributed by atoms with van der Waals surface area (Å²) >= 11 is 0. The van der Waals surface area contributed by atoms with Crippen LogP contribution in [0.25, 0.3) is 11.3 Å². The van der Waals surface area contributed by atoms with Crippen molar-refractivity contribution in [1.82, 2.24) is 19.7 Å². The van der Waals surface area contributed by atoms with Crippen molar-refractivity contribution in [3.8, 4) is 11.3 Å². The maximum absolute atomic E-state index is 13.7. The number of aliphatic carboxylic acids is 1. The number of carbonyl (C=O) groups is 5. The van der Waals surface area contributed by atoms with E-state index in [1.54, 1.807) is 60.3 Å². The summed E-state index contributed by atoms with van der Waals surface area (Å²) < 4.78 is 16.2. The molecular formula is C43H57N7O9. The van der Waals surface area contributed by atoms with Crippen molar-refractivity contribution in [1.29, 1.82) is 0 Å². The Morgan fingerprint density at radius 2 is 1.51 bits per heavy atom. The Hall–Kier alpha value is -5.42. The van der Waals surface area contributed by atoms with Crippen LogP contribution in [0.4, 0.5) is 11.4 Å². The number of likely N-dealkylation sites (N-methyl/N-ethyl adjacent to an activating group) is 2. The van der Waals surface area contributed by atoms with E-state index < -0.39 is 17.8 Å². The van der Waals surface area contributed by atoms with Crippen LogP contribution in [0, 0.1) is 0 Å². The molecule has 4 amide bonds. The number of ether oxygens (including phenoxy) is 3. The highest BCUT2D eigenvalue weighted by Gasteiger charge is 2.32. The van der Waals surface area contributed by atoms with Gasteiger partial charge in [-0.1, -0.05) is 6.07 Å². The molecule has 16 heteroatoms. The maximum atomic E-state index is 13.7. The fraction of sp³-hybridized carbons (Fsp3) is 0.488. The molecule has 3 aromatic rings. The normalized spacial score (nSPS) is 15.5. The smallest absolute Gasteiger partial charge is 0.305 e. The molecule has 0 bridgehead atoms. The Kier molecular flexibility index (Phi) is 17.2. The van der Waals surface area contributed by atoms with Crippen molar-refractivity contribution in [3.63, 3.8) is 0 Å². The standard InChI is InChI=1S/C43H57N7O9/c1-47(19-20-50-18-7-10-38(50)43(56)48(2)21-23-58-25-27-59-26-24-57-22-14-39(51)52)42(55)33-9-6-8-32(28-33)41(54)46-36-12-11-34(49-16-4-3-5-17-49)30-35(36)37-29-31(40(44)53)13-15-45-37/h6,8-9,11-13,15,28-30,38H,3-5,7,10,14,16-27H2,1-2H3,(H2,44,53)(H,46,54)(H,51,52)/t38-/m0/s1. The van der Waals surface area contributed by atoms with Crippen LogP contribution in [0.1, 0.15) is 69.6 Å². The van der Waals surface area contributed by atoms with Gasteiger partial charge in [-0.2, -0.15) is 0 Å². The molecule has 2 aliphatic rings. The molecule has 318 valence electrons. The number of aromatic nitrogens is 1. The molecule has 0 spiro atoms. The number of anilines is 2. The van der Waals surface area contributed by atoms with E-state index in [1.807, 2.05) is 18.2 Å². The number of rotatable bonds is 22. The van der Waals surface area contributed by atoms with Gasteiger partial charge in [-0.05, 0) is 87.2 Å². The van der Waals surface area contributed by atoms with E-state index in [1.165, 1.54) is 12.6 Å². The maximum Gasteiger partial charge on any atom is 0.305 e. The molecule has 2 aliphatic heterocycles. The van der Waals surface area contributed by atoms with Crippen LogP contribution in [-0.4, -0.2) is 153 Å². The van der Waals surface area contributed by atoms with Gasteiger partial charge in [0, 0.05) is 81.0 Å². The van der Waals surface area contributed by atoms with Crippen molar-refractivity contribution in [3.05, 3.63) is 77.5 Å². The summed E-state index contributed by atoms with van der Waals surface area (Å²) in [6.07, 6.45) is 6.47. The number of piperidine rings is 1. The lowest BCUT2D eigenvalue weighted by atomic mass is 10.0. The van der Waals surface area contributed by atoms with Gasteiger partial charge in [0.05, 0.1) is 63.5 Å². The quantitative estimate of drug-likeness (QED) is 0.125. The van der Waals surface area contributed by atoms with Crippen LogP contribution in [0.3, 0.4) is 0 Å². The number of pyridine rings is 1. The number of likely N-dealkylation sites (tertiary alicyclic amines) is 1. The van der Waals surface area contributed by atoms with Crippen molar-refractivity contribution in [2.45, 2.75) is 44.6 Å². The molecule has 1 aromatic heterocycles. The zero-order valence-electron chi connectivity index (χ0n) is 34.1. The lowest BCUT2D eigenvalue weighted by Gasteiger charge is -2.29. The number of hydrogen-bond acceptors (Lipinski definition) is 11. The van der Waals surface area contributed by atoms with Gasteiger partial charge < -0.3 is 45.1 Å². The topological polar surface area (TPSA) is 197 Å². The van der Waals surface area contributed by atoms with Crippen molar-refractivity contribution >= 4 is 41.0 Å². The predicted octanol–water partition coefficient (Wildman–Crippen LogP) is 3.61. The Morgan fingerprint density at radius 1 is 0.797 bits per heavy atom. The van der Waals surface area contributed by atoms with E-state index in [0.717, 1.165) is 51.0 Å². The minimum atomic E-state index is -0.903. The molecule has 0 aliphatic carbocycles. The number of nitrogens with two attached hydrogens (primary N) is 1. The second-order valence-corrected chi connectivity index (χ2v) is 14.8. The van der Waals surface area contributed by atoms with Crippen molar-refractivity contribution in [2.75, 3.05) is 103 Å². The molecule has 0 unspecified atom stereocenters. The largest absolute Gasteiger partial charge is 0.481 e. The summed E-state index contributed by atoms with van der Waals surface area (Å²) in [4.78, 5) is 75.4. The zero-order valence-corrected chi connectivity index (χ0v) is 34.1. The first kappa shape index (κ1) is 44.7. The molecule has 1 atom stereocenters. The Labute approximate surface area is 345 Å². The van der Waals surface area contributed by atoms with Gasteiger partial charge in [0.25, 0.3) is 11.8 Å². The average molecular weight is 816 g/mol. The molecule has 2 fully saturated rings.